The van der Waals surface area contributed by atoms with Crippen molar-refractivity contribution in [1.82, 2.24) is 24.5 Å². The Bertz CT molecular complexity index is 946. The summed E-state index contributed by atoms with van der Waals surface area (Å²) in [4.78, 5) is 12.4. The monoisotopic (exact) mass is 384 g/mol. The van der Waals surface area contributed by atoms with E-state index in [4.69, 9.17) is 0 Å². The minimum absolute atomic E-state index is 0.0558. The maximum Gasteiger partial charge on any atom is 0.234 e. The van der Waals surface area contributed by atoms with Gasteiger partial charge < -0.3 is 9.88 Å². The first-order valence-corrected chi connectivity index (χ1v) is 9.96. The van der Waals surface area contributed by atoms with Gasteiger partial charge >= 0.3 is 0 Å². The van der Waals surface area contributed by atoms with Gasteiger partial charge in [-0.25, -0.2) is 0 Å². The summed E-state index contributed by atoms with van der Waals surface area (Å²) in [6.07, 6.45) is 3.75. The number of hydrogen-bond donors (Lipinski definition) is 1. The second-order valence-corrected chi connectivity index (χ2v) is 7.16. The molecule has 0 saturated heterocycles. The zero-order valence-corrected chi connectivity index (χ0v) is 16.9. The standard InChI is InChI=1S/C19H24N6OS/c1-5-24-11-15(10-20-24)18-22-23-19(25(18)6-2)27-12-17(26)21-16-9-7-8-13(3)14(16)4/h7-11H,5-6,12H2,1-4H3,(H,21,26). The van der Waals surface area contributed by atoms with E-state index in [-0.39, 0.29) is 11.7 Å². The molecule has 0 unspecified atom stereocenters. The molecule has 0 bridgehead atoms. The van der Waals surface area contributed by atoms with Crippen molar-refractivity contribution in [3.8, 4) is 11.4 Å². The van der Waals surface area contributed by atoms with E-state index < -0.39 is 0 Å². The fraction of sp³-hybridized carbons (Fsp3) is 0.368. The molecule has 1 aromatic carbocycles. The number of aromatic nitrogens is 5. The van der Waals surface area contributed by atoms with Crippen LogP contribution in [0, 0.1) is 13.8 Å². The van der Waals surface area contributed by atoms with E-state index in [1.807, 2.05) is 61.3 Å². The first-order chi connectivity index (χ1) is 13.0. The molecule has 3 rings (SSSR count). The Morgan fingerprint density at radius 3 is 2.70 bits per heavy atom. The van der Waals surface area contributed by atoms with Gasteiger partial charge in [0, 0.05) is 25.0 Å². The van der Waals surface area contributed by atoms with Crippen LogP contribution in [0.1, 0.15) is 25.0 Å². The number of nitrogens with one attached hydrogen (secondary N) is 1. The average Bonchev–Trinajstić information content (AvgIpc) is 3.29. The van der Waals surface area contributed by atoms with Crippen LogP contribution in [0.15, 0.2) is 35.7 Å². The first-order valence-electron chi connectivity index (χ1n) is 8.98. The van der Waals surface area contributed by atoms with E-state index >= 15 is 0 Å². The van der Waals surface area contributed by atoms with Crippen LogP contribution in [0.2, 0.25) is 0 Å². The van der Waals surface area contributed by atoms with Gasteiger partial charge in [-0.3, -0.25) is 9.48 Å². The molecule has 0 radical (unpaired) electrons. The highest BCUT2D eigenvalue weighted by molar-refractivity contribution is 7.99. The highest BCUT2D eigenvalue weighted by Gasteiger charge is 2.16. The van der Waals surface area contributed by atoms with Crippen LogP contribution in [-0.2, 0) is 17.9 Å². The van der Waals surface area contributed by atoms with Crippen molar-refractivity contribution in [3.05, 3.63) is 41.7 Å². The number of benzene rings is 1. The van der Waals surface area contributed by atoms with Gasteiger partial charge in [0.15, 0.2) is 11.0 Å². The van der Waals surface area contributed by atoms with Crippen molar-refractivity contribution in [1.29, 1.82) is 0 Å². The molecule has 0 saturated carbocycles. The number of aryl methyl sites for hydroxylation is 2. The van der Waals surface area contributed by atoms with Crippen LogP contribution in [0.25, 0.3) is 11.4 Å². The molecule has 0 aliphatic rings. The van der Waals surface area contributed by atoms with Crippen molar-refractivity contribution < 1.29 is 4.79 Å². The maximum atomic E-state index is 12.4. The zero-order valence-electron chi connectivity index (χ0n) is 16.1. The number of carbonyl (C=O) groups is 1. The fourth-order valence-corrected chi connectivity index (χ4v) is 3.55. The van der Waals surface area contributed by atoms with Crippen LogP contribution >= 0.6 is 11.8 Å². The van der Waals surface area contributed by atoms with E-state index in [0.29, 0.717) is 0 Å². The number of rotatable bonds is 7. The molecule has 2 heterocycles. The maximum absolute atomic E-state index is 12.4. The molecule has 142 valence electrons. The zero-order chi connectivity index (χ0) is 19.4. The highest BCUT2D eigenvalue weighted by Crippen LogP contribution is 2.24. The molecule has 0 fully saturated rings. The van der Waals surface area contributed by atoms with Gasteiger partial charge in [-0.05, 0) is 44.9 Å². The van der Waals surface area contributed by atoms with Crippen molar-refractivity contribution in [3.63, 3.8) is 0 Å². The largest absolute Gasteiger partial charge is 0.325 e. The predicted molar refractivity (Wildman–Crippen MR) is 108 cm³/mol. The van der Waals surface area contributed by atoms with Crippen molar-refractivity contribution >= 4 is 23.4 Å². The first kappa shape index (κ1) is 19.2. The lowest BCUT2D eigenvalue weighted by Crippen LogP contribution is -2.15. The smallest absolute Gasteiger partial charge is 0.234 e. The van der Waals surface area contributed by atoms with Crippen LogP contribution in [-0.4, -0.2) is 36.2 Å². The number of thioether (sulfide) groups is 1. The third-order valence-corrected chi connectivity index (χ3v) is 5.43. The van der Waals surface area contributed by atoms with E-state index in [1.165, 1.54) is 11.8 Å². The average molecular weight is 385 g/mol. The molecule has 7 nitrogen and oxygen atoms in total. The molecule has 2 aromatic heterocycles. The minimum Gasteiger partial charge on any atom is -0.325 e. The molecule has 1 amide bonds. The lowest BCUT2D eigenvalue weighted by molar-refractivity contribution is -0.113. The molecule has 8 heteroatoms. The molecule has 0 atom stereocenters. The van der Waals surface area contributed by atoms with Gasteiger partial charge in [-0.2, -0.15) is 5.10 Å². The third-order valence-electron chi connectivity index (χ3n) is 4.46. The second kappa shape index (κ2) is 8.39. The summed E-state index contributed by atoms with van der Waals surface area (Å²) in [6, 6.07) is 5.90. The van der Waals surface area contributed by atoms with Crippen LogP contribution in [0.4, 0.5) is 5.69 Å². The van der Waals surface area contributed by atoms with Gasteiger partial charge in [0.05, 0.1) is 17.5 Å². The molecule has 0 spiro atoms. The summed E-state index contributed by atoms with van der Waals surface area (Å²) < 4.78 is 3.86. The summed E-state index contributed by atoms with van der Waals surface area (Å²) in [7, 11) is 0. The molecule has 0 aliphatic heterocycles. The van der Waals surface area contributed by atoms with E-state index in [2.05, 4.69) is 20.6 Å². The SMILES string of the molecule is CCn1cc(-c2nnc(SCC(=O)Nc3cccc(C)c3C)n2CC)cn1. The Labute approximate surface area is 163 Å². The summed E-state index contributed by atoms with van der Waals surface area (Å²) >= 11 is 1.39. The number of hydrogen-bond acceptors (Lipinski definition) is 5. The molecule has 1 N–H and O–H groups in total. The molecular formula is C19H24N6OS. The number of nitrogens with zero attached hydrogens (tertiary/aromatic N) is 5. The third kappa shape index (κ3) is 4.21. The Morgan fingerprint density at radius 2 is 2.00 bits per heavy atom. The van der Waals surface area contributed by atoms with Gasteiger partial charge in [0.25, 0.3) is 0 Å². The summed E-state index contributed by atoms with van der Waals surface area (Å²) in [5.41, 5.74) is 4.02. The number of anilines is 1. The Balaban J connectivity index is 1.69. The second-order valence-electron chi connectivity index (χ2n) is 6.22. The van der Waals surface area contributed by atoms with Gasteiger partial charge in [0.1, 0.15) is 0 Å². The summed E-state index contributed by atoms with van der Waals surface area (Å²) in [5.74, 6) is 0.995. The molecule has 27 heavy (non-hydrogen) atoms. The van der Waals surface area contributed by atoms with E-state index in [1.54, 1.807) is 6.20 Å². The minimum atomic E-state index is -0.0558. The van der Waals surface area contributed by atoms with Crippen molar-refractivity contribution in [2.75, 3.05) is 11.1 Å². The van der Waals surface area contributed by atoms with Crippen LogP contribution in [0.5, 0.6) is 0 Å². The van der Waals surface area contributed by atoms with Gasteiger partial charge in [0.2, 0.25) is 5.91 Å². The Kier molecular flexibility index (Phi) is 5.95. The highest BCUT2D eigenvalue weighted by atomic mass is 32.2. The number of carbonyl (C=O) groups excluding carboxylic acids is 1. The Morgan fingerprint density at radius 1 is 1.19 bits per heavy atom. The van der Waals surface area contributed by atoms with E-state index in [9.17, 15) is 4.79 Å². The van der Waals surface area contributed by atoms with Crippen molar-refractivity contribution in [2.45, 2.75) is 45.9 Å². The van der Waals surface area contributed by atoms with Crippen LogP contribution in [0.3, 0.4) is 0 Å². The van der Waals surface area contributed by atoms with Crippen molar-refractivity contribution in [2.24, 2.45) is 0 Å². The topological polar surface area (TPSA) is 77.6 Å². The molecular weight excluding hydrogens is 360 g/mol. The lowest BCUT2D eigenvalue weighted by atomic mass is 10.1. The van der Waals surface area contributed by atoms with Gasteiger partial charge in [-0.15, -0.1) is 10.2 Å². The summed E-state index contributed by atoms with van der Waals surface area (Å²) in [5, 5.41) is 16.6. The predicted octanol–water partition coefficient (Wildman–Crippen LogP) is 3.53. The van der Waals surface area contributed by atoms with E-state index in [0.717, 1.165) is 46.4 Å². The van der Waals surface area contributed by atoms with Crippen LogP contribution < -0.4 is 5.32 Å². The Hall–Kier alpha value is -2.61. The lowest BCUT2D eigenvalue weighted by Gasteiger charge is -2.10. The molecule has 0 aliphatic carbocycles. The fourth-order valence-electron chi connectivity index (χ4n) is 2.75. The number of amides is 1. The summed E-state index contributed by atoms with van der Waals surface area (Å²) in [6.45, 7) is 9.65. The quantitative estimate of drug-likeness (QED) is 0.631. The normalized spacial score (nSPS) is 11.0. The van der Waals surface area contributed by atoms with Gasteiger partial charge in [-0.1, -0.05) is 23.9 Å². The molecule has 3 aromatic rings.